The van der Waals surface area contributed by atoms with Gasteiger partial charge >= 0.3 is 16.8 Å². The Balaban J connectivity index is -0.000000727. The number of aliphatic hydroxyl groups excluding tert-OH is 2. The molecule has 0 rings (SSSR count). The molecule has 0 saturated heterocycles. The van der Waals surface area contributed by atoms with Crippen molar-refractivity contribution in [3.05, 3.63) is 24.3 Å². The smallest absolute Gasteiger partial charge is 0.550 e. The number of allylic oxidation sites excluding steroid dienone is 2. The summed E-state index contributed by atoms with van der Waals surface area (Å²) in [5.41, 5.74) is 0. The summed E-state index contributed by atoms with van der Waals surface area (Å²) in [6.07, 6.45) is 34.0. The van der Waals surface area contributed by atoms with Gasteiger partial charge in [-0.25, -0.2) is 0 Å². The summed E-state index contributed by atoms with van der Waals surface area (Å²) < 4.78 is 0. The van der Waals surface area contributed by atoms with Crippen molar-refractivity contribution >= 4 is 11.9 Å². The molecule has 255 valence electrons. The Labute approximate surface area is 275 Å². The predicted octanol–water partition coefficient (Wildman–Crippen LogP) is 7.49. The van der Waals surface area contributed by atoms with Crippen molar-refractivity contribution in [2.24, 2.45) is 0 Å². The number of carbonyl (C=O) groups is 2. The van der Waals surface area contributed by atoms with Crippen LogP contribution in [0.2, 0.25) is 0 Å². The minimum Gasteiger partial charge on any atom is -0.550 e. The van der Waals surface area contributed by atoms with Gasteiger partial charge in [-0.2, -0.15) is 0 Å². The van der Waals surface area contributed by atoms with Crippen molar-refractivity contribution in [3.63, 3.8) is 0 Å². The van der Waals surface area contributed by atoms with Crippen LogP contribution < -0.4 is 10.2 Å². The van der Waals surface area contributed by atoms with Crippen LogP contribution in [0.5, 0.6) is 0 Å². The van der Waals surface area contributed by atoms with Crippen LogP contribution in [0.15, 0.2) is 24.3 Å². The molecule has 0 unspecified atom stereocenters. The Hall–Kier alpha value is -1.15. The molecule has 0 spiro atoms. The first-order valence-corrected chi connectivity index (χ1v) is 17.4. The van der Waals surface area contributed by atoms with E-state index in [2.05, 4.69) is 38.2 Å². The van der Waals surface area contributed by atoms with Gasteiger partial charge in [0.2, 0.25) is 0 Å². The Bertz CT molecular complexity index is 583. The van der Waals surface area contributed by atoms with Crippen molar-refractivity contribution in [1.29, 1.82) is 0 Å². The second kappa shape index (κ2) is 38.9. The number of aliphatic carboxylic acids is 2. The maximum absolute atomic E-state index is 10.2. The van der Waals surface area contributed by atoms with Gasteiger partial charge in [0, 0.05) is 11.9 Å². The average Bonchev–Trinajstić information content (AvgIpc) is 2.95. The van der Waals surface area contributed by atoms with Crippen LogP contribution in [0.4, 0.5) is 0 Å². The van der Waals surface area contributed by atoms with E-state index in [1.807, 2.05) is 0 Å². The van der Waals surface area contributed by atoms with E-state index in [9.17, 15) is 30.0 Å². The molecular formula is C36H66CoO6. The van der Waals surface area contributed by atoms with Crippen molar-refractivity contribution in [2.45, 2.75) is 193 Å². The molecule has 0 aliphatic heterocycles. The Morgan fingerprint density at radius 2 is 0.837 bits per heavy atom. The molecule has 6 nitrogen and oxygen atoms in total. The fourth-order valence-corrected chi connectivity index (χ4v) is 4.72. The zero-order chi connectivity index (χ0) is 31.5. The fraction of sp³-hybridized carbons (Fsp3) is 0.833. The molecule has 0 heterocycles. The molecule has 0 aliphatic rings. The summed E-state index contributed by atoms with van der Waals surface area (Å²) in [5.74, 6) is -1.88. The molecule has 0 saturated carbocycles. The predicted molar refractivity (Wildman–Crippen MR) is 172 cm³/mol. The first-order valence-electron chi connectivity index (χ1n) is 17.4. The van der Waals surface area contributed by atoms with Gasteiger partial charge in [-0.05, 0) is 77.0 Å². The molecule has 2 N–H and O–H groups in total. The molecular weight excluding hydrogens is 587 g/mol. The van der Waals surface area contributed by atoms with E-state index in [1.54, 1.807) is 0 Å². The van der Waals surface area contributed by atoms with Crippen molar-refractivity contribution in [3.8, 4) is 0 Å². The normalized spacial score (nSPS) is 12.6. The van der Waals surface area contributed by atoms with Crippen LogP contribution in [-0.4, -0.2) is 34.4 Å². The van der Waals surface area contributed by atoms with Gasteiger partial charge in [0.1, 0.15) is 0 Å². The molecule has 0 aliphatic carbocycles. The number of hydrogen-bond acceptors (Lipinski definition) is 6. The largest absolute Gasteiger partial charge is 2.00 e. The second-order valence-corrected chi connectivity index (χ2v) is 11.8. The van der Waals surface area contributed by atoms with Crippen LogP contribution in [0, 0.1) is 0 Å². The van der Waals surface area contributed by atoms with Gasteiger partial charge < -0.3 is 30.0 Å². The summed E-state index contributed by atoms with van der Waals surface area (Å²) in [5, 5.41) is 40.0. The minimum absolute atomic E-state index is 0. The summed E-state index contributed by atoms with van der Waals surface area (Å²) in [6.45, 7) is 4.39. The summed E-state index contributed by atoms with van der Waals surface area (Å²) >= 11 is 0. The summed E-state index contributed by atoms with van der Waals surface area (Å²) in [4.78, 5) is 20.4. The summed E-state index contributed by atoms with van der Waals surface area (Å²) in [6, 6.07) is 0. The van der Waals surface area contributed by atoms with Gasteiger partial charge in [-0.3, -0.25) is 0 Å². The molecule has 2 atom stereocenters. The fourth-order valence-electron chi connectivity index (χ4n) is 4.72. The van der Waals surface area contributed by atoms with Crippen molar-refractivity contribution in [2.75, 3.05) is 0 Å². The van der Waals surface area contributed by atoms with Crippen LogP contribution >= 0.6 is 0 Å². The monoisotopic (exact) mass is 653 g/mol. The maximum Gasteiger partial charge on any atom is 2.00 e. The first kappa shape index (κ1) is 46.3. The molecule has 0 aromatic heterocycles. The van der Waals surface area contributed by atoms with E-state index in [4.69, 9.17) is 0 Å². The van der Waals surface area contributed by atoms with E-state index >= 15 is 0 Å². The third-order valence-electron chi connectivity index (χ3n) is 7.43. The topological polar surface area (TPSA) is 121 Å². The van der Waals surface area contributed by atoms with Gasteiger partial charge in [0.15, 0.2) is 0 Å². The quantitative estimate of drug-likeness (QED) is 0.0612. The summed E-state index contributed by atoms with van der Waals surface area (Å²) in [7, 11) is 0. The van der Waals surface area contributed by atoms with Gasteiger partial charge in [-0.15, -0.1) is 0 Å². The van der Waals surface area contributed by atoms with E-state index in [-0.39, 0.29) is 41.8 Å². The third-order valence-corrected chi connectivity index (χ3v) is 7.43. The average molecular weight is 654 g/mol. The molecule has 0 fully saturated rings. The number of aliphatic hydroxyl groups is 2. The van der Waals surface area contributed by atoms with E-state index in [0.717, 1.165) is 116 Å². The standard InChI is InChI=1S/2C18H34O3.Co/c2*1-2-3-4-11-14-17(19)15-12-9-7-5-6-8-10-13-16-18(20)21;/h2*9,12,17,19H,2-8,10-11,13-16H2,1H3,(H,20,21);/q;;+2/p-2/b2*12-9+;/t2*17-;/m11./s1. The number of unbranched alkanes of at least 4 members (excludes halogenated alkanes) is 16. The van der Waals surface area contributed by atoms with Crippen molar-refractivity contribution in [1.82, 2.24) is 0 Å². The molecule has 0 bridgehead atoms. The van der Waals surface area contributed by atoms with Gasteiger partial charge in [0.05, 0.1) is 12.2 Å². The Morgan fingerprint density at radius 3 is 1.19 bits per heavy atom. The SMILES string of the molecule is CCCCCC[C@@H](O)C/C=C/CCCCCCCC(=O)[O-].CCCCCC[C@@H](O)C/C=C/CCCCCCCC(=O)[O-].[Co+2]. The number of hydrogen-bond donors (Lipinski definition) is 2. The van der Waals surface area contributed by atoms with E-state index < -0.39 is 11.9 Å². The Kier molecular flexibility index (Phi) is 41.8. The molecule has 0 aromatic rings. The number of carboxylic acid groups (broad SMARTS) is 2. The van der Waals surface area contributed by atoms with Gasteiger partial charge in [0.25, 0.3) is 0 Å². The van der Waals surface area contributed by atoms with Crippen LogP contribution in [0.1, 0.15) is 181 Å². The number of rotatable bonds is 30. The number of carboxylic acids is 2. The molecule has 1 radical (unpaired) electrons. The Morgan fingerprint density at radius 1 is 0.512 bits per heavy atom. The van der Waals surface area contributed by atoms with Crippen LogP contribution in [-0.2, 0) is 26.4 Å². The van der Waals surface area contributed by atoms with Crippen LogP contribution in [0.3, 0.4) is 0 Å². The molecule has 43 heavy (non-hydrogen) atoms. The molecule has 0 amide bonds. The third kappa shape index (κ3) is 45.4. The van der Waals surface area contributed by atoms with Crippen LogP contribution in [0.25, 0.3) is 0 Å². The molecule has 0 aromatic carbocycles. The zero-order valence-corrected chi connectivity index (χ0v) is 28.8. The maximum atomic E-state index is 10.2. The van der Waals surface area contributed by atoms with E-state index in [0.29, 0.717) is 0 Å². The van der Waals surface area contributed by atoms with Gasteiger partial charge in [-0.1, -0.05) is 128 Å². The number of carbonyl (C=O) groups excluding carboxylic acids is 2. The van der Waals surface area contributed by atoms with Crippen molar-refractivity contribution < 1.29 is 46.8 Å². The second-order valence-electron chi connectivity index (χ2n) is 11.8. The van der Waals surface area contributed by atoms with E-state index in [1.165, 1.54) is 38.5 Å². The first-order chi connectivity index (χ1) is 20.3. The molecule has 7 heteroatoms. The minimum atomic E-state index is -0.939. The zero-order valence-electron chi connectivity index (χ0n) is 27.7.